The number of amidine groups is 1. The lowest BCUT2D eigenvalue weighted by Crippen LogP contribution is -2.15. The van der Waals surface area contributed by atoms with Crippen molar-refractivity contribution in [1.82, 2.24) is 0 Å². The number of nitrogens with zero attached hydrogens (tertiary/aromatic N) is 1. The number of amides is 1. The van der Waals surface area contributed by atoms with E-state index < -0.39 is 0 Å². The molecule has 0 aliphatic heterocycles. The molecule has 0 radical (unpaired) electrons. The van der Waals surface area contributed by atoms with E-state index in [1.54, 1.807) is 24.3 Å². The number of hydrogen-bond acceptors (Lipinski definition) is 2. The average Bonchev–Trinajstić information content (AvgIpc) is 2.48. The van der Waals surface area contributed by atoms with Gasteiger partial charge in [-0.3, -0.25) is 4.79 Å². The van der Waals surface area contributed by atoms with E-state index in [1.165, 1.54) is 0 Å². The minimum Gasteiger partial charge on any atom is -0.386 e. The standard InChI is InChI=1S/C15H14ClN3O/c16-10-14(17)19-13-9-5-4-8-12(13)15(20)18-11-6-2-1-3-7-11/h1-9H,10H2,(H2,17,19)(H,18,20). The number of benzene rings is 2. The van der Waals surface area contributed by atoms with E-state index in [0.717, 1.165) is 5.69 Å². The van der Waals surface area contributed by atoms with Gasteiger partial charge in [-0.1, -0.05) is 30.3 Å². The zero-order valence-corrected chi connectivity index (χ0v) is 11.5. The van der Waals surface area contributed by atoms with Crippen LogP contribution < -0.4 is 11.1 Å². The molecule has 0 unspecified atom stereocenters. The van der Waals surface area contributed by atoms with Crippen LogP contribution in [0.1, 0.15) is 10.4 Å². The molecule has 0 aromatic heterocycles. The van der Waals surface area contributed by atoms with Crippen molar-refractivity contribution in [3.63, 3.8) is 0 Å². The minimum absolute atomic E-state index is 0.120. The summed E-state index contributed by atoms with van der Waals surface area (Å²) in [6.07, 6.45) is 0. The smallest absolute Gasteiger partial charge is 0.257 e. The van der Waals surface area contributed by atoms with Crippen molar-refractivity contribution in [2.75, 3.05) is 11.2 Å². The molecule has 0 aliphatic carbocycles. The van der Waals surface area contributed by atoms with Gasteiger partial charge in [-0.25, -0.2) is 4.99 Å². The summed E-state index contributed by atoms with van der Waals surface area (Å²) >= 11 is 5.61. The number of carbonyl (C=O) groups is 1. The number of para-hydroxylation sites is 2. The Bertz CT molecular complexity index is 626. The summed E-state index contributed by atoms with van der Waals surface area (Å²) in [5.74, 6) is 0.152. The Hall–Kier alpha value is -2.33. The number of alkyl halides is 1. The van der Waals surface area contributed by atoms with Crippen molar-refractivity contribution in [3.05, 3.63) is 60.2 Å². The third-order valence-electron chi connectivity index (χ3n) is 2.58. The highest BCUT2D eigenvalue weighted by Crippen LogP contribution is 2.20. The maximum atomic E-state index is 12.3. The van der Waals surface area contributed by atoms with Crippen molar-refractivity contribution in [1.29, 1.82) is 0 Å². The Balaban J connectivity index is 2.26. The number of halogens is 1. The monoisotopic (exact) mass is 287 g/mol. The zero-order chi connectivity index (χ0) is 14.4. The Kier molecular flexibility index (Phi) is 4.74. The van der Waals surface area contributed by atoms with E-state index in [9.17, 15) is 4.79 Å². The second-order valence-corrected chi connectivity index (χ2v) is 4.34. The van der Waals surface area contributed by atoms with Crippen LogP contribution in [0.5, 0.6) is 0 Å². The van der Waals surface area contributed by atoms with Crippen LogP contribution in [0.2, 0.25) is 0 Å². The van der Waals surface area contributed by atoms with E-state index in [-0.39, 0.29) is 17.6 Å². The van der Waals surface area contributed by atoms with Crippen LogP contribution in [0.25, 0.3) is 0 Å². The van der Waals surface area contributed by atoms with Crippen molar-refractivity contribution < 1.29 is 4.79 Å². The molecule has 0 atom stereocenters. The molecule has 0 bridgehead atoms. The number of anilines is 1. The Morgan fingerprint density at radius 2 is 1.75 bits per heavy atom. The molecular formula is C15H14ClN3O. The fourth-order valence-electron chi connectivity index (χ4n) is 1.67. The van der Waals surface area contributed by atoms with E-state index in [2.05, 4.69) is 10.3 Å². The highest BCUT2D eigenvalue weighted by atomic mass is 35.5. The van der Waals surface area contributed by atoms with Gasteiger partial charge in [0.25, 0.3) is 5.91 Å². The van der Waals surface area contributed by atoms with Crippen LogP contribution in [0.15, 0.2) is 59.6 Å². The highest BCUT2D eigenvalue weighted by Gasteiger charge is 2.10. The lowest BCUT2D eigenvalue weighted by molar-refractivity contribution is 0.102. The Morgan fingerprint density at radius 1 is 1.10 bits per heavy atom. The van der Waals surface area contributed by atoms with Crippen molar-refractivity contribution in [2.24, 2.45) is 10.7 Å². The molecule has 102 valence electrons. The highest BCUT2D eigenvalue weighted by molar-refractivity contribution is 6.28. The first kappa shape index (κ1) is 14.1. The van der Waals surface area contributed by atoms with Gasteiger partial charge in [-0.05, 0) is 24.3 Å². The molecule has 0 fully saturated rings. The molecule has 0 spiro atoms. The van der Waals surface area contributed by atoms with E-state index >= 15 is 0 Å². The summed E-state index contributed by atoms with van der Waals surface area (Å²) in [6.45, 7) is 0. The molecule has 1 amide bonds. The first-order chi connectivity index (χ1) is 9.70. The van der Waals surface area contributed by atoms with Gasteiger partial charge >= 0.3 is 0 Å². The predicted octanol–water partition coefficient (Wildman–Crippen LogP) is 3.17. The normalized spacial score (nSPS) is 11.2. The molecule has 5 heteroatoms. The van der Waals surface area contributed by atoms with Gasteiger partial charge in [0, 0.05) is 5.69 Å². The van der Waals surface area contributed by atoms with Crippen LogP contribution in [-0.4, -0.2) is 17.6 Å². The number of rotatable bonds is 4. The fourth-order valence-corrected chi connectivity index (χ4v) is 1.73. The molecule has 4 nitrogen and oxygen atoms in total. The van der Waals surface area contributed by atoms with Gasteiger partial charge in [0.05, 0.1) is 17.1 Å². The lowest BCUT2D eigenvalue weighted by atomic mass is 10.1. The fraction of sp³-hybridized carbons (Fsp3) is 0.0667. The molecule has 2 aromatic carbocycles. The summed E-state index contributed by atoms with van der Waals surface area (Å²) in [7, 11) is 0. The molecule has 2 rings (SSSR count). The molecule has 0 aliphatic rings. The third kappa shape index (κ3) is 3.59. The van der Waals surface area contributed by atoms with Gasteiger partial charge in [-0.15, -0.1) is 11.6 Å². The Morgan fingerprint density at radius 3 is 2.45 bits per heavy atom. The zero-order valence-electron chi connectivity index (χ0n) is 10.7. The van der Waals surface area contributed by atoms with Crippen molar-refractivity contribution in [3.8, 4) is 0 Å². The molecule has 0 saturated heterocycles. The minimum atomic E-state index is -0.238. The molecule has 20 heavy (non-hydrogen) atoms. The van der Waals surface area contributed by atoms with E-state index in [4.69, 9.17) is 17.3 Å². The van der Waals surface area contributed by atoms with Gasteiger partial charge in [0.2, 0.25) is 0 Å². The quantitative estimate of drug-likeness (QED) is 0.515. The molecule has 3 N–H and O–H groups in total. The first-order valence-electron chi connectivity index (χ1n) is 6.05. The van der Waals surface area contributed by atoms with Crippen LogP contribution in [0.4, 0.5) is 11.4 Å². The van der Waals surface area contributed by atoms with E-state index in [0.29, 0.717) is 11.3 Å². The molecule has 0 saturated carbocycles. The number of hydrogen-bond donors (Lipinski definition) is 2. The van der Waals surface area contributed by atoms with Gasteiger partial charge in [0.1, 0.15) is 5.84 Å². The summed E-state index contributed by atoms with van der Waals surface area (Å²) in [5.41, 5.74) is 7.28. The number of nitrogens with two attached hydrogens (primary N) is 1. The largest absolute Gasteiger partial charge is 0.386 e. The lowest BCUT2D eigenvalue weighted by Gasteiger charge is -2.07. The number of carbonyl (C=O) groups excluding carboxylic acids is 1. The van der Waals surface area contributed by atoms with Crippen molar-refractivity contribution >= 4 is 34.7 Å². The Labute approximate surface area is 122 Å². The van der Waals surface area contributed by atoms with Crippen molar-refractivity contribution in [2.45, 2.75) is 0 Å². The van der Waals surface area contributed by atoms with Gasteiger partial charge in [-0.2, -0.15) is 0 Å². The summed E-state index contributed by atoms with van der Waals surface area (Å²) in [6, 6.07) is 16.2. The van der Waals surface area contributed by atoms with Gasteiger partial charge < -0.3 is 11.1 Å². The summed E-state index contributed by atoms with van der Waals surface area (Å²) in [5, 5.41) is 2.81. The van der Waals surface area contributed by atoms with Crippen LogP contribution in [0, 0.1) is 0 Å². The first-order valence-corrected chi connectivity index (χ1v) is 6.58. The van der Waals surface area contributed by atoms with Crippen LogP contribution in [0.3, 0.4) is 0 Å². The average molecular weight is 288 g/mol. The predicted molar refractivity (Wildman–Crippen MR) is 82.8 cm³/mol. The topological polar surface area (TPSA) is 67.5 Å². The number of nitrogens with one attached hydrogen (secondary N) is 1. The van der Waals surface area contributed by atoms with Crippen LogP contribution >= 0.6 is 11.6 Å². The summed E-state index contributed by atoms with van der Waals surface area (Å²) < 4.78 is 0. The molecular weight excluding hydrogens is 274 g/mol. The number of aliphatic imine (C=N–C) groups is 1. The SMILES string of the molecule is NC(CCl)=Nc1ccccc1C(=O)Nc1ccccc1. The van der Waals surface area contributed by atoms with Crippen LogP contribution in [-0.2, 0) is 0 Å². The second-order valence-electron chi connectivity index (χ2n) is 4.07. The maximum Gasteiger partial charge on any atom is 0.257 e. The van der Waals surface area contributed by atoms with E-state index in [1.807, 2.05) is 30.3 Å². The third-order valence-corrected chi connectivity index (χ3v) is 2.86. The second kappa shape index (κ2) is 6.73. The molecule has 0 heterocycles. The maximum absolute atomic E-state index is 12.3. The van der Waals surface area contributed by atoms with Gasteiger partial charge in [0.15, 0.2) is 0 Å². The molecule has 2 aromatic rings. The summed E-state index contributed by atoms with van der Waals surface area (Å²) in [4.78, 5) is 16.4.